The Kier molecular flexibility index (Phi) is 5.95. The molecule has 1 aromatic heterocycles. The highest BCUT2D eigenvalue weighted by molar-refractivity contribution is 6.04. The van der Waals surface area contributed by atoms with Gasteiger partial charge in [-0.1, -0.05) is 54.6 Å². The number of carbonyl (C=O) groups excluding carboxylic acids is 3. The van der Waals surface area contributed by atoms with Crippen LogP contribution < -0.4 is 0 Å². The summed E-state index contributed by atoms with van der Waals surface area (Å²) in [7, 11) is 0. The Morgan fingerprint density at radius 2 is 1.44 bits per heavy atom. The van der Waals surface area contributed by atoms with Gasteiger partial charge in [0.15, 0.2) is 0 Å². The maximum Gasteiger partial charge on any atom is 0.340 e. The second-order valence-corrected chi connectivity index (χ2v) is 8.27. The van der Waals surface area contributed by atoms with E-state index in [0.717, 1.165) is 22.2 Å². The molecule has 3 aromatic carbocycles. The first-order chi connectivity index (χ1) is 16.6. The Bertz CT molecular complexity index is 1360. The molecule has 6 heteroatoms. The minimum absolute atomic E-state index is 0.0769. The summed E-state index contributed by atoms with van der Waals surface area (Å²) in [5, 5.41) is 0.967. The molecule has 1 atom stereocenters. The summed E-state index contributed by atoms with van der Waals surface area (Å²) in [5.41, 5.74) is 3.79. The molecule has 1 unspecified atom stereocenters. The van der Waals surface area contributed by atoms with Crippen molar-refractivity contribution in [2.75, 3.05) is 6.79 Å². The van der Waals surface area contributed by atoms with Gasteiger partial charge in [0.05, 0.1) is 17.0 Å². The van der Waals surface area contributed by atoms with Gasteiger partial charge in [-0.05, 0) is 55.2 Å². The molecule has 170 valence electrons. The lowest BCUT2D eigenvalue weighted by molar-refractivity contribution is -0.157. The molecule has 0 saturated heterocycles. The molecule has 0 fully saturated rings. The quantitative estimate of drug-likeness (QED) is 0.321. The van der Waals surface area contributed by atoms with Gasteiger partial charge in [0.1, 0.15) is 0 Å². The van der Waals surface area contributed by atoms with Gasteiger partial charge >= 0.3 is 11.9 Å². The molecule has 4 aromatic rings. The molecule has 0 radical (unpaired) electrons. The second-order valence-electron chi connectivity index (χ2n) is 8.27. The van der Waals surface area contributed by atoms with Crippen molar-refractivity contribution in [3.8, 4) is 0 Å². The summed E-state index contributed by atoms with van der Waals surface area (Å²) in [6.07, 6.45) is 1.60. The van der Waals surface area contributed by atoms with Gasteiger partial charge in [-0.15, -0.1) is 0 Å². The molecule has 6 nitrogen and oxygen atoms in total. The van der Waals surface area contributed by atoms with Crippen LogP contribution in [0.5, 0.6) is 0 Å². The molecule has 0 amide bonds. The van der Waals surface area contributed by atoms with Crippen LogP contribution in [0.2, 0.25) is 0 Å². The van der Waals surface area contributed by atoms with Crippen molar-refractivity contribution < 1.29 is 23.9 Å². The van der Waals surface area contributed by atoms with Crippen LogP contribution in [0.15, 0.2) is 84.9 Å². The van der Waals surface area contributed by atoms with E-state index in [1.807, 2.05) is 54.6 Å². The zero-order valence-corrected chi connectivity index (χ0v) is 18.5. The van der Waals surface area contributed by atoms with E-state index >= 15 is 0 Å². The minimum Gasteiger partial charge on any atom is -0.428 e. The molecule has 1 aliphatic rings. The molecule has 0 aliphatic heterocycles. The van der Waals surface area contributed by atoms with Crippen LogP contribution in [0.25, 0.3) is 10.9 Å². The van der Waals surface area contributed by atoms with Gasteiger partial charge in [-0.3, -0.25) is 14.2 Å². The SMILES string of the molecule is O=C(OCOC(=O)C1CCc2c(c3ccccc3n2C(=O)c2ccccc2)C1)c1ccccc1. The van der Waals surface area contributed by atoms with Crippen molar-refractivity contribution >= 4 is 28.7 Å². The second kappa shape index (κ2) is 9.35. The van der Waals surface area contributed by atoms with Crippen LogP contribution in [0, 0.1) is 5.92 Å². The van der Waals surface area contributed by atoms with Gasteiger partial charge < -0.3 is 9.47 Å². The van der Waals surface area contributed by atoms with Gasteiger partial charge in [-0.2, -0.15) is 0 Å². The predicted molar refractivity (Wildman–Crippen MR) is 126 cm³/mol. The molecule has 34 heavy (non-hydrogen) atoms. The molecule has 0 N–H and O–H groups in total. The molecule has 1 aliphatic carbocycles. The van der Waals surface area contributed by atoms with Crippen LogP contribution >= 0.6 is 0 Å². The molecular formula is C28H23NO5. The molecule has 0 saturated carbocycles. The van der Waals surface area contributed by atoms with Crippen molar-refractivity contribution in [2.45, 2.75) is 19.3 Å². The summed E-state index contributed by atoms with van der Waals surface area (Å²) in [5.74, 6) is -1.39. The summed E-state index contributed by atoms with van der Waals surface area (Å²) < 4.78 is 12.1. The number of fused-ring (bicyclic) bond motifs is 3. The average molecular weight is 453 g/mol. The molecular weight excluding hydrogens is 430 g/mol. The summed E-state index contributed by atoms with van der Waals surface area (Å²) in [6.45, 7) is -0.426. The minimum atomic E-state index is -0.540. The summed E-state index contributed by atoms with van der Waals surface area (Å²) >= 11 is 0. The third kappa shape index (κ3) is 4.10. The summed E-state index contributed by atoms with van der Waals surface area (Å²) in [6, 6.07) is 25.5. The van der Waals surface area contributed by atoms with Crippen molar-refractivity contribution in [1.29, 1.82) is 0 Å². The lowest BCUT2D eigenvalue weighted by atomic mass is 9.86. The van der Waals surface area contributed by atoms with E-state index in [1.165, 1.54) is 0 Å². The van der Waals surface area contributed by atoms with Crippen molar-refractivity contribution in [2.24, 2.45) is 5.92 Å². The fraction of sp³-hybridized carbons (Fsp3) is 0.179. The third-order valence-electron chi connectivity index (χ3n) is 6.23. The topological polar surface area (TPSA) is 74.6 Å². The standard InChI is InChI=1S/C28H23NO5/c30-26(19-9-3-1-4-10-19)29-24-14-8-7-13-22(24)23-17-21(15-16-25(23)29)28(32)34-18-33-27(31)20-11-5-2-6-12-20/h1-14,21H,15-18H2. The highest BCUT2D eigenvalue weighted by Gasteiger charge is 2.32. The van der Waals surface area contributed by atoms with Crippen molar-refractivity contribution in [3.63, 3.8) is 0 Å². The van der Waals surface area contributed by atoms with Crippen molar-refractivity contribution in [1.82, 2.24) is 4.57 Å². The number of benzene rings is 3. The smallest absolute Gasteiger partial charge is 0.340 e. The average Bonchev–Trinajstić information content (AvgIpc) is 3.23. The predicted octanol–water partition coefficient (Wildman–Crippen LogP) is 4.79. The van der Waals surface area contributed by atoms with Crippen molar-refractivity contribution in [3.05, 3.63) is 107 Å². The van der Waals surface area contributed by atoms with E-state index in [9.17, 15) is 14.4 Å². The van der Waals surface area contributed by atoms with E-state index in [0.29, 0.717) is 30.4 Å². The number of rotatable bonds is 5. The molecule has 0 bridgehead atoms. The Balaban J connectivity index is 1.33. The maximum atomic E-state index is 13.4. The number of ether oxygens (including phenoxy) is 2. The van der Waals surface area contributed by atoms with Crippen LogP contribution in [0.4, 0.5) is 0 Å². The molecule has 0 spiro atoms. The number of hydrogen-bond donors (Lipinski definition) is 0. The third-order valence-corrected chi connectivity index (χ3v) is 6.23. The van der Waals surface area contributed by atoms with E-state index in [1.54, 1.807) is 34.9 Å². The fourth-order valence-corrected chi connectivity index (χ4v) is 4.57. The van der Waals surface area contributed by atoms with E-state index in [2.05, 4.69) is 0 Å². The highest BCUT2D eigenvalue weighted by Crippen LogP contribution is 2.35. The Morgan fingerprint density at radius 1 is 0.794 bits per heavy atom. The fourth-order valence-electron chi connectivity index (χ4n) is 4.57. The van der Waals surface area contributed by atoms with E-state index in [4.69, 9.17) is 9.47 Å². The maximum absolute atomic E-state index is 13.4. The number of aromatic nitrogens is 1. The highest BCUT2D eigenvalue weighted by atomic mass is 16.7. The number of esters is 2. The largest absolute Gasteiger partial charge is 0.428 e. The van der Waals surface area contributed by atoms with Crippen LogP contribution in [-0.2, 0) is 27.1 Å². The van der Waals surface area contributed by atoms with E-state index in [-0.39, 0.29) is 11.8 Å². The number of nitrogens with zero attached hydrogens (tertiary/aromatic N) is 1. The Labute approximate surface area is 196 Å². The number of para-hydroxylation sites is 1. The summed E-state index contributed by atoms with van der Waals surface area (Å²) in [4.78, 5) is 38.1. The Hall–Kier alpha value is -4.19. The van der Waals surface area contributed by atoms with E-state index < -0.39 is 18.7 Å². The number of hydrogen-bond acceptors (Lipinski definition) is 5. The first-order valence-corrected chi connectivity index (χ1v) is 11.2. The zero-order chi connectivity index (χ0) is 23.5. The lowest BCUT2D eigenvalue weighted by Crippen LogP contribution is -2.27. The first-order valence-electron chi connectivity index (χ1n) is 11.2. The first kappa shape index (κ1) is 21.6. The zero-order valence-electron chi connectivity index (χ0n) is 18.5. The van der Waals surface area contributed by atoms with Gasteiger partial charge in [0.2, 0.25) is 6.79 Å². The normalized spacial score (nSPS) is 14.9. The lowest BCUT2D eigenvalue weighted by Gasteiger charge is -2.22. The van der Waals surface area contributed by atoms with Crippen LogP contribution in [0.3, 0.4) is 0 Å². The van der Waals surface area contributed by atoms with Gasteiger partial charge in [0, 0.05) is 16.6 Å². The monoisotopic (exact) mass is 453 g/mol. The number of carbonyl (C=O) groups is 3. The van der Waals surface area contributed by atoms with Gasteiger partial charge in [0.25, 0.3) is 5.91 Å². The van der Waals surface area contributed by atoms with Crippen LogP contribution in [-0.4, -0.2) is 29.2 Å². The Morgan fingerprint density at radius 3 is 2.18 bits per heavy atom. The molecule has 5 rings (SSSR count). The molecule has 1 heterocycles. The van der Waals surface area contributed by atoms with Gasteiger partial charge in [-0.25, -0.2) is 4.79 Å². The van der Waals surface area contributed by atoms with Crippen LogP contribution in [0.1, 0.15) is 38.4 Å².